The lowest BCUT2D eigenvalue weighted by molar-refractivity contribution is 0.101. The van der Waals surface area contributed by atoms with E-state index in [2.05, 4.69) is 31.3 Å². The van der Waals surface area contributed by atoms with E-state index in [-0.39, 0.29) is 17.4 Å². The van der Waals surface area contributed by atoms with Crippen LogP contribution in [0.1, 0.15) is 17.4 Å². The number of carbonyl (C=O) groups excluding carboxylic acids is 1. The highest BCUT2D eigenvalue weighted by Crippen LogP contribution is 2.26. The molecule has 1 heterocycles. The Bertz CT molecular complexity index is 795. The Labute approximate surface area is 135 Å². The second kappa shape index (κ2) is 6.11. The van der Waals surface area contributed by atoms with E-state index in [0.717, 1.165) is 15.6 Å². The van der Waals surface area contributed by atoms with E-state index < -0.39 is 0 Å². The number of aromatic amines is 1. The van der Waals surface area contributed by atoms with Crippen molar-refractivity contribution in [3.05, 3.63) is 58.7 Å². The van der Waals surface area contributed by atoms with Crippen molar-refractivity contribution in [2.45, 2.75) is 6.92 Å². The van der Waals surface area contributed by atoms with E-state index in [4.69, 9.17) is 4.74 Å². The zero-order valence-electron chi connectivity index (χ0n) is 11.7. The SMILES string of the molecule is CC(=O)c1[nH]nnc1Oc1ccc(-c2ccc(Br)cc2)cc1. The van der Waals surface area contributed by atoms with Crippen LogP contribution in [-0.4, -0.2) is 21.2 Å². The topological polar surface area (TPSA) is 67.9 Å². The summed E-state index contributed by atoms with van der Waals surface area (Å²) in [7, 11) is 0. The van der Waals surface area contributed by atoms with Crippen LogP contribution in [0, 0.1) is 0 Å². The molecule has 1 aromatic heterocycles. The highest BCUT2D eigenvalue weighted by Gasteiger charge is 2.13. The fraction of sp³-hybridized carbons (Fsp3) is 0.0625. The van der Waals surface area contributed by atoms with Crippen LogP contribution in [0.25, 0.3) is 11.1 Å². The van der Waals surface area contributed by atoms with Gasteiger partial charge in [0.05, 0.1) is 0 Å². The number of halogens is 1. The molecular weight excluding hydrogens is 346 g/mol. The number of nitrogens with zero attached hydrogens (tertiary/aromatic N) is 2. The second-order valence-corrected chi connectivity index (χ2v) is 5.60. The average molecular weight is 358 g/mol. The van der Waals surface area contributed by atoms with Gasteiger partial charge in [-0.2, -0.15) is 0 Å². The summed E-state index contributed by atoms with van der Waals surface area (Å²) in [5.74, 6) is 0.604. The molecule has 0 bridgehead atoms. The van der Waals surface area contributed by atoms with Crippen LogP contribution < -0.4 is 4.74 Å². The summed E-state index contributed by atoms with van der Waals surface area (Å²) in [5.41, 5.74) is 2.45. The molecule has 0 aliphatic rings. The zero-order valence-corrected chi connectivity index (χ0v) is 13.3. The van der Waals surface area contributed by atoms with Crippen molar-refractivity contribution >= 4 is 21.7 Å². The van der Waals surface area contributed by atoms with Gasteiger partial charge in [-0.3, -0.25) is 9.89 Å². The number of aromatic nitrogens is 3. The maximum atomic E-state index is 11.4. The van der Waals surface area contributed by atoms with Crippen molar-refractivity contribution in [2.24, 2.45) is 0 Å². The van der Waals surface area contributed by atoms with Gasteiger partial charge in [-0.25, -0.2) is 0 Å². The Morgan fingerprint density at radius 3 is 2.23 bits per heavy atom. The first-order valence-corrected chi connectivity index (χ1v) is 7.38. The van der Waals surface area contributed by atoms with Crippen molar-refractivity contribution in [3.63, 3.8) is 0 Å². The fourth-order valence-corrected chi connectivity index (χ4v) is 2.25. The Kier molecular flexibility index (Phi) is 4.02. The summed E-state index contributed by atoms with van der Waals surface area (Å²) in [6, 6.07) is 15.6. The Morgan fingerprint density at radius 2 is 1.64 bits per heavy atom. The van der Waals surface area contributed by atoms with E-state index in [0.29, 0.717) is 5.75 Å². The first-order chi connectivity index (χ1) is 10.6. The minimum Gasteiger partial charge on any atom is -0.436 e. The number of rotatable bonds is 4. The van der Waals surface area contributed by atoms with Gasteiger partial charge in [0.2, 0.25) is 0 Å². The predicted molar refractivity (Wildman–Crippen MR) is 86.0 cm³/mol. The van der Waals surface area contributed by atoms with Gasteiger partial charge in [-0.05, 0) is 35.4 Å². The predicted octanol–water partition coefficient (Wildman–Crippen LogP) is 4.23. The third kappa shape index (κ3) is 3.07. The smallest absolute Gasteiger partial charge is 0.269 e. The number of hydrogen-bond acceptors (Lipinski definition) is 4. The molecule has 0 aliphatic heterocycles. The molecule has 2 aromatic carbocycles. The third-order valence-electron chi connectivity index (χ3n) is 3.11. The number of Topliss-reactive ketones (excluding diaryl/α,β-unsaturated/α-hetero) is 1. The standard InChI is InChI=1S/C16H12BrN3O2/c1-10(21)15-16(19-20-18-15)22-14-8-4-12(5-9-14)11-2-6-13(17)7-3-11/h2-9H,1H3,(H,18,19,20). The molecule has 0 amide bonds. The highest BCUT2D eigenvalue weighted by atomic mass is 79.9. The second-order valence-electron chi connectivity index (χ2n) is 4.68. The summed E-state index contributed by atoms with van der Waals surface area (Å²) in [6.07, 6.45) is 0. The Hall–Kier alpha value is -2.47. The normalized spacial score (nSPS) is 10.5. The first-order valence-electron chi connectivity index (χ1n) is 6.59. The number of carbonyl (C=O) groups is 1. The maximum absolute atomic E-state index is 11.4. The van der Waals surface area contributed by atoms with Crippen LogP contribution >= 0.6 is 15.9 Å². The molecule has 0 atom stereocenters. The maximum Gasteiger partial charge on any atom is 0.269 e. The van der Waals surface area contributed by atoms with E-state index in [1.807, 2.05) is 48.5 Å². The third-order valence-corrected chi connectivity index (χ3v) is 3.64. The van der Waals surface area contributed by atoms with Gasteiger partial charge >= 0.3 is 0 Å². The van der Waals surface area contributed by atoms with Gasteiger partial charge in [0.15, 0.2) is 11.5 Å². The van der Waals surface area contributed by atoms with E-state index in [1.54, 1.807) is 0 Å². The number of ketones is 1. The lowest BCUT2D eigenvalue weighted by Gasteiger charge is -2.05. The van der Waals surface area contributed by atoms with Gasteiger partial charge in [-0.15, -0.1) is 0 Å². The molecule has 0 fully saturated rings. The van der Waals surface area contributed by atoms with E-state index in [1.165, 1.54) is 6.92 Å². The molecule has 0 radical (unpaired) electrons. The van der Waals surface area contributed by atoms with E-state index >= 15 is 0 Å². The molecule has 0 spiro atoms. The summed E-state index contributed by atoms with van der Waals surface area (Å²) < 4.78 is 6.63. The minimum atomic E-state index is -0.175. The molecule has 22 heavy (non-hydrogen) atoms. The van der Waals surface area contributed by atoms with Crippen LogP contribution in [0.2, 0.25) is 0 Å². The van der Waals surface area contributed by atoms with Gasteiger partial charge in [0, 0.05) is 11.4 Å². The molecule has 0 aliphatic carbocycles. The van der Waals surface area contributed by atoms with E-state index in [9.17, 15) is 4.79 Å². The summed E-state index contributed by atoms with van der Waals surface area (Å²) in [5, 5.41) is 9.88. The van der Waals surface area contributed by atoms with Crippen LogP contribution in [0.5, 0.6) is 11.6 Å². The van der Waals surface area contributed by atoms with Gasteiger partial charge in [-0.1, -0.05) is 50.5 Å². The molecule has 6 heteroatoms. The fourth-order valence-electron chi connectivity index (χ4n) is 1.99. The molecular formula is C16H12BrN3O2. The van der Waals surface area contributed by atoms with Crippen LogP contribution in [0.3, 0.4) is 0 Å². The quantitative estimate of drug-likeness (QED) is 0.709. The zero-order chi connectivity index (χ0) is 15.5. The van der Waals surface area contributed by atoms with Gasteiger partial charge in [0.25, 0.3) is 5.88 Å². The Morgan fingerprint density at radius 1 is 1.05 bits per heavy atom. The number of H-pyrrole nitrogens is 1. The van der Waals surface area contributed by atoms with Crippen LogP contribution in [0.15, 0.2) is 53.0 Å². The lowest BCUT2D eigenvalue weighted by Crippen LogP contribution is -1.96. The Balaban J connectivity index is 1.81. The van der Waals surface area contributed by atoms with Crippen molar-refractivity contribution in [2.75, 3.05) is 0 Å². The lowest BCUT2D eigenvalue weighted by atomic mass is 10.1. The first kappa shape index (κ1) is 14.5. The largest absolute Gasteiger partial charge is 0.436 e. The monoisotopic (exact) mass is 357 g/mol. The number of benzene rings is 2. The van der Waals surface area contributed by atoms with Crippen molar-refractivity contribution in [3.8, 4) is 22.8 Å². The van der Waals surface area contributed by atoms with Crippen molar-refractivity contribution in [1.82, 2.24) is 15.4 Å². The number of hydrogen-bond donors (Lipinski definition) is 1. The summed E-state index contributed by atoms with van der Waals surface area (Å²) in [6.45, 7) is 1.43. The van der Waals surface area contributed by atoms with Crippen molar-refractivity contribution in [1.29, 1.82) is 0 Å². The molecule has 0 unspecified atom stereocenters. The highest BCUT2D eigenvalue weighted by molar-refractivity contribution is 9.10. The van der Waals surface area contributed by atoms with Crippen LogP contribution in [-0.2, 0) is 0 Å². The van der Waals surface area contributed by atoms with Crippen LogP contribution in [0.4, 0.5) is 0 Å². The van der Waals surface area contributed by atoms with Gasteiger partial charge < -0.3 is 4.74 Å². The molecule has 3 rings (SSSR count). The number of nitrogens with one attached hydrogen (secondary N) is 1. The van der Waals surface area contributed by atoms with Gasteiger partial charge in [0.1, 0.15) is 5.75 Å². The molecule has 5 nitrogen and oxygen atoms in total. The summed E-state index contributed by atoms with van der Waals surface area (Å²) >= 11 is 3.42. The average Bonchev–Trinajstić information content (AvgIpc) is 2.97. The molecule has 1 N–H and O–H groups in total. The number of ether oxygens (including phenoxy) is 1. The van der Waals surface area contributed by atoms with Crippen molar-refractivity contribution < 1.29 is 9.53 Å². The molecule has 3 aromatic rings. The molecule has 110 valence electrons. The minimum absolute atomic E-state index is 0.175. The molecule has 0 saturated heterocycles. The summed E-state index contributed by atoms with van der Waals surface area (Å²) in [4.78, 5) is 11.4. The molecule has 0 saturated carbocycles.